The van der Waals surface area contributed by atoms with E-state index in [1.54, 1.807) is 30.3 Å². The molecule has 0 bridgehead atoms. The smallest absolute Gasteiger partial charge is 0.336 e. The van der Waals surface area contributed by atoms with Crippen LogP contribution in [0.15, 0.2) is 79.1 Å². The summed E-state index contributed by atoms with van der Waals surface area (Å²) in [6.45, 7) is 6.12. The van der Waals surface area contributed by atoms with Gasteiger partial charge in [0.25, 0.3) is 11.8 Å². The number of hydrogen-bond donors (Lipinski definition) is 3. The Morgan fingerprint density at radius 3 is 2.31 bits per heavy atom. The fourth-order valence-corrected chi connectivity index (χ4v) is 5.52. The molecular weight excluding hydrogens is 697 g/mol. The van der Waals surface area contributed by atoms with Crippen molar-refractivity contribution in [2.75, 3.05) is 69.8 Å². The molecule has 1 saturated heterocycles. The Balaban J connectivity index is 1.27. The van der Waals surface area contributed by atoms with Crippen LogP contribution in [-0.2, 0) is 11.0 Å². The van der Waals surface area contributed by atoms with Crippen molar-refractivity contribution in [3.63, 3.8) is 0 Å². The fraction of sp³-hybridized carbons (Fsp3) is 0.275. The van der Waals surface area contributed by atoms with Crippen molar-refractivity contribution in [2.45, 2.75) is 20.0 Å². The number of aryl methyl sites for hydroxylation is 2. The molecule has 280 valence electrons. The normalized spacial score (nSPS) is 13.4. The van der Waals surface area contributed by atoms with Crippen LogP contribution in [0.25, 0.3) is 0 Å². The summed E-state index contributed by atoms with van der Waals surface area (Å²) in [5.41, 5.74) is 2.37. The number of amides is 3. The standard InChI is InChI=1S/C40H41F3N8O3/c1-26-11-13-30(37(53)46-31-15-16-32(33(23-31)40(41,42)43)38(54)51-20-18-50(5)19-21-51)22-29(26)14-12-28-24-44-39(45-25-28)48-36-27(2)8-6-9-34(36)47-35(52)10-7-17-49(3)4/h6-11,13,15-16,22-25H,17-21H2,1-5H3,(H,46,53)(H,47,52)(H,44,45,48)/b10-7+. The first-order valence-electron chi connectivity index (χ1n) is 17.1. The second-order valence-corrected chi connectivity index (χ2v) is 13.2. The molecule has 3 N–H and O–H groups in total. The summed E-state index contributed by atoms with van der Waals surface area (Å²) < 4.78 is 42.3. The van der Waals surface area contributed by atoms with Crippen LogP contribution in [0.5, 0.6) is 0 Å². The molecule has 0 unspecified atom stereocenters. The predicted molar refractivity (Wildman–Crippen MR) is 203 cm³/mol. The maximum absolute atomic E-state index is 14.1. The van der Waals surface area contributed by atoms with Crippen LogP contribution in [0.3, 0.4) is 0 Å². The molecule has 0 radical (unpaired) electrons. The number of carbonyl (C=O) groups excluding carboxylic acids is 3. The largest absolute Gasteiger partial charge is 0.417 e. The lowest BCUT2D eigenvalue weighted by Gasteiger charge is -2.33. The van der Waals surface area contributed by atoms with Crippen LogP contribution in [0.2, 0.25) is 0 Å². The van der Waals surface area contributed by atoms with Crippen LogP contribution in [0.1, 0.15) is 48.5 Å². The van der Waals surface area contributed by atoms with E-state index in [0.717, 1.165) is 23.3 Å². The average molecular weight is 739 g/mol. The summed E-state index contributed by atoms with van der Waals surface area (Å²) in [7, 11) is 5.71. The molecule has 3 aromatic carbocycles. The van der Waals surface area contributed by atoms with E-state index in [4.69, 9.17) is 0 Å². The molecule has 0 atom stereocenters. The highest BCUT2D eigenvalue weighted by Crippen LogP contribution is 2.35. The van der Waals surface area contributed by atoms with Gasteiger partial charge in [0.2, 0.25) is 11.9 Å². The Labute approximate surface area is 312 Å². The molecule has 11 nitrogen and oxygen atoms in total. The quantitative estimate of drug-likeness (QED) is 0.142. The third kappa shape index (κ3) is 10.3. The SMILES string of the molecule is Cc1ccc(C(=O)Nc2ccc(C(=O)N3CCN(C)CC3)c(C(F)(F)F)c2)cc1C#Cc1cnc(Nc2c(C)cccc2NC(=O)/C=C/CN(C)C)nc1. The van der Waals surface area contributed by atoms with Gasteiger partial charge in [0, 0.05) is 68.0 Å². The zero-order valence-electron chi connectivity index (χ0n) is 30.6. The number of para-hydroxylation sites is 1. The van der Waals surface area contributed by atoms with Crippen LogP contribution >= 0.6 is 0 Å². The highest BCUT2D eigenvalue weighted by Gasteiger charge is 2.37. The van der Waals surface area contributed by atoms with Gasteiger partial charge in [-0.15, -0.1) is 0 Å². The number of nitrogens with zero attached hydrogens (tertiary/aromatic N) is 5. The van der Waals surface area contributed by atoms with E-state index in [2.05, 4.69) is 37.8 Å². The van der Waals surface area contributed by atoms with Gasteiger partial charge in [0.15, 0.2) is 0 Å². The lowest BCUT2D eigenvalue weighted by molar-refractivity contribution is -0.138. The molecule has 2 heterocycles. The van der Waals surface area contributed by atoms with Gasteiger partial charge in [0.05, 0.1) is 28.1 Å². The van der Waals surface area contributed by atoms with Crippen LogP contribution in [0, 0.1) is 25.7 Å². The van der Waals surface area contributed by atoms with Crippen molar-refractivity contribution in [1.29, 1.82) is 0 Å². The minimum atomic E-state index is -4.81. The lowest BCUT2D eigenvalue weighted by Crippen LogP contribution is -2.47. The molecule has 14 heteroatoms. The molecule has 5 rings (SSSR count). The van der Waals surface area contributed by atoms with Crippen molar-refractivity contribution in [3.05, 3.63) is 118 Å². The molecule has 1 fully saturated rings. The van der Waals surface area contributed by atoms with Crippen LogP contribution in [-0.4, -0.2) is 96.3 Å². The van der Waals surface area contributed by atoms with Gasteiger partial charge in [-0.1, -0.05) is 36.1 Å². The summed E-state index contributed by atoms with van der Waals surface area (Å²) in [6, 6.07) is 13.5. The topological polar surface area (TPSA) is 123 Å². The minimum absolute atomic E-state index is 0.0987. The first-order valence-corrected chi connectivity index (χ1v) is 17.1. The maximum atomic E-state index is 14.1. The molecule has 4 aromatic rings. The number of anilines is 4. The second kappa shape index (κ2) is 17.2. The van der Waals surface area contributed by atoms with E-state index in [9.17, 15) is 27.6 Å². The second-order valence-electron chi connectivity index (χ2n) is 13.2. The summed E-state index contributed by atoms with van der Waals surface area (Å²) >= 11 is 0. The number of halogens is 3. The minimum Gasteiger partial charge on any atom is -0.336 e. The Kier molecular flexibility index (Phi) is 12.5. The summed E-state index contributed by atoms with van der Waals surface area (Å²) in [4.78, 5) is 52.8. The number of piperazine rings is 1. The van der Waals surface area contributed by atoms with Crippen LogP contribution < -0.4 is 16.0 Å². The monoisotopic (exact) mass is 738 g/mol. The zero-order chi connectivity index (χ0) is 39.0. The first kappa shape index (κ1) is 39.2. The maximum Gasteiger partial charge on any atom is 0.417 e. The van der Waals surface area contributed by atoms with Crippen molar-refractivity contribution in [1.82, 2.24) is 24.7 Å². The van der Waals surface area contributed by atoms with E-state index in [1.807, 2.05) is 56.9 Å². The average Bonchev–Trinajstić information content (AvgIpc) is 3.12. The summed E-state index contributed by atoms with van der Waals surface area (Å²) in [5.74, 6) is 4.69. The molecule has 54 heavy (non-hydrogen) atoms. The number of nitrogens with one attached hydrogen (secondary N) is 3. The van der Waals surface area contributed by atoms with Gasteiger partial charge >= 0.3 is 6.18 Å². The van der Waals surface area contributed by atoms with Gasteiger partial charge < -0.3 is 30.7 Å². The van der Waals surface area contributed by atoms with Gasteiger partial charge in [0.1, 0.15) is 0 Å². The predicted octanol–water partition coefficient (Wildman–Crippen LogP) is 5.95. The van der Waals surface area contributed by atoms with Crippen molar-refractivity contribution < 1.29 is 27.6 Å². The summed E-state index contributed by atoms with van der Waals surface area (Å²) in [6.07, 6.45) is 1.50. The number of carbonyl (C=O) groups is 3. The number of rotatable bonds is 9. The highest BCUT2D eigenvalue weighted by atomic mass is 19.4. The molecule has 1 aromatic heterocycles. The van der Waals surface area contributed by atoms with Gasteiger partial charge in [-0.2, -0.15) is 13.2 Å². The van der Waals surface area contributed by atoms with Crippen molar-refractivity contribution in [3.8, 4) is 11.8 Å². The zero-order valence-corrected chi connectivity index (χ0v) is 30.6. The third-order valence-electron chi connectivity index (χ3n) is 8.60. The van der Waals surface area contributed by atoms with Crippen LogP contribution in [0.4, 0.5) is 36.2 Å². The number of benzene rings is 3. The van der Waals surface area contributed by atoms with Gasteiger partial charge in [-0.05, 0) is 82.5 Å². The van der Waals surface area contributed by atoms with Gasteiger partial charge in [-0.25, -0.2) is 9.97 Å². The highest BCUT2D eigenvalue weighted by molar-refractivity contribution is 6.05. The van der Waals surface area contributed by atoms with Gasteiger partial charge in [-0.3, -0.25) is 14.4 Å². The Bertz CT molecular complexity index is 2110. The van der Waals surface area contributed by atoms with E-state index in [1.165, 1.54) is 29.4 Å². The molecule has 3 amide bonds. The number of aromatic nitrogens is 2. The Morgan fingerprint density at radius 2 is 1.63 bits per heavy atom. The van der Waals surface area contributed by atoms with E-state index in [-0.39, 0.29) is 23.1 Å². The van der Waals surface area contributed by atoms with E-state index >= 15 is 0 Å². The fourth-order valence-electron chi connectivity index (χ4n) is 5.52. The molecule has 0 aliphatic carbocycles. The molecule has 0 spiro atoms. The van der Waals surface area contributed by atoms with E-state index < -0.39 is 29.1 Å². The van der Waals surface area contributed by atoms with Crippen molar-refractivity contribution >= 4 is 40.7 Å². The number of likely N-dealkylation sites (N-methyl/N-ethyl adjacent to an activating group) is 2. The molecular formula is C40H41F3N8O3. The number of alkyl halides is 3. The summed E-state index contributed by atoms with van der Waals surface area (Å²) in [5, 5.41) is 8.57. The molecule has 1 aliphatic rings. The first-order chi connectivity index (χ1) is 25.7. The van der Waals surface area contributed by atoms with E-state index in [0.29, 0.717) is 55.2 Å². The number of hydrogen-bond acceptors (Lipinski definition) is 8. The lowest BCUT2D eigenvalue weighted by atomic mass is 10.0. The molecule has 1 aliphatic heterocycles. The Hall–Kier alpha value is -6.04. The third-order valence-corrected chi connectivity index (χ3v) is 8.60. The molecule has 0 saturated carbocycles. The Morgan fingerprint density at radius 1 is 0.907 bits per heavy atom. The van der Waals surface area contributed by atoms with Crippen molar-refractivity contribution in [2.24, 2.45) is 0 Å².